The molecule has 0 radical (unpaired) electrons. The molecule has 2 aromatic carbocycles. The fourth-order valence-corrected chi connectivity index (χ4v) is 4.17. The van der Waals surface area contributed by atoms with Crippen molar-refractivity contribution in [1.29, 1.82) is 0 Å². The van der Waals surface area contributed by atoms with Gasteiger partial charge in [0.2, 0.25) is 0 Å². The Morgan fingerprint density at radius 2 is 1.83 bits per heavy atom. The fourth-order valence-electron chi connectivity index (χ4n) is 3.87. The predicted octanol–water partition coefficient (Wildman–Crippen LogP) is 6.43. The molecule has 1 aliphatic carbocycles. The van der Waals surface area contributed by atoms with Gasteiger partial charge in [-0.15, -0.1) is 5.10 Å². The minimum absolute atomic E-state index is 0.0167. The zero-order valence-electron chi connectivity index (χ0n) is 15.8. The summed E-state index contributed by atoms with van der Waals surface area (Å²) in [5.41, 5.74) is 3.07. The number of carbonyl (C=O) groups excluding carboxylic acids is 1. The maximum absolute atomic E-state index is 13.2. The van der Waals surface area contributed by atoms with Gasteiger partial charge >= 0.3 is 0 Å². The van der Waals surface area contributed by atoms with Crippen molar-refractivity contribution in [3.05, 3.63) is 94.0 Å². The summed E-state index contributed by atoms with van der Waals surface area (Å²) in [6.07, 6.45) is 2.66. The Morgan fingerprint density at radius 3 is 2.57 bits per heavy atom. The molecule has 2 aromatic heterocycles. The monoisotopic (exact) mass is 437 g/mol. The molecule has 0 fully saturated rings. The Morgan fingerprint density at radius 1 is 1.00 bits per heavy atom. The van der Waals surface area contributed by atoms with Crippen LogP contribution in [0.2, 0.25) is 10.0 Å². The van der Waals surface area contributed by atoms with E-state index in [1.807, 2.05) is 47.1 Å². The number of nitrogens with zero attached hydrogens (tertiary/aromatic N) is 2. The first-order chi connectivity index (χ1) is 14.6. The lowest BCUT2D eigenvalue weighted by Crippen LogP contribution is -2.20. The van der Waals surface area contributed by atoms with E-state index in [1.54, 1.807) is 24.5 Å². The normalized spacial score (nSPS) is 15.8. The third-order valence-electron chi connectivity index (χ3n) is 5.26. The van der Waals surface area contributed by atoms with Gasteiger partial charge in [-0.1, -0.05) is 41.4 Å². The third kappa shape index (κ3) is 3.40. The Balaban J connectivity index is 1.61. The van der Waals surface area contributed by atoms with E-state index in [0.29, 0.717) is 40.0 Å². The molecule has 0 saturated heterocycles. The first-order valence-electron chi connectivity index (χ1n) is 9.56. The quantitative estimate of drug-likeness (QED) is 0.399. The smallest absolute Gasteiger partial charge is 0.169 e. The third-order valence-corrected chi connectivity index (χ3v) is 6.00. The molecular weight excluding hydrogens is 421 g/mol. The summed E-state index contributed by atoms with van der Waals surface area (Å²) in [7, 11) is 0. The Hall–Kier alpha value is -3.02. The first-order valence-corrected chi connectivity index (χ1v) is 10.3. The van der Waals surface area contributed by atoms with Crippen LogP contribution in [0.4, 0.5) is 11.5 Å². The minimum atomic E-state index is -0.0167. The summed E-state index contributed by atoms with van der Waals surface area (Å²) in [6, 6.07) is 18.8. The van der Waals surface area contributed by atoms with E-state index in [9.17, 15) is 4.79 Å². The van der Waals surface area contributed by atoms with Gasteiger partial charge in [0.1, 0.15) is 5.76 Å². The fraction of sp³-hybridized carbons (Fsp3) is 0.130. The summed E-state index contributed by atoms with van der Waals surface area (Å²) in [5.74, 6) is 1.34. The second-order valence-electron chi connectivity index (χ2n) is 7.22. The number of fused-ring (bicyclic) bond motifs is 1. The molecule has 2 heterocycles. The van der Waals surface area contributed by atoms with E-state index in [1.165, 1.54) is 0 Å². The molecule has 0 unspecified atom stereocenters. The van der Waals surface area contributed by atoms with E-state index in [2.05, 4.69) is 5.32 Å². The number of anilines is 2. The number of ketones is 1. The number of benzene rings is 2. The second-order valence-corrected chi connectivity index (χ2v) is 8.03. The van der Waals surface area contributed by atoms with Gasteiger partial charge < -0.3 is 9.73 Å². The number of furan rings is 1. The van der Waals surface area contributed by atoms with Gasteiger partial charge in [-0.25, -0.2) is 4.68 Å². The lowest BCUT2D eigenvalue weighted by Gasteiger charge is -2.21. The average molecular weight is 438 g/mol. The maximum atomic E-state index is 13.2. The van der Waals surface area contributed by atoms with Gasteiger partial charge in [0.25, 0.3) is 0 Å². The molecule has 1 N–H and O–H groups in total. The van der Waals surface area contributed by atoms with Crippen LogP contribution in [-0.2, 0) is 6.42 Å². The van der Waals surface area contributed by atoms with Gasteiger partial charge in [0.05, 0.1) is 33.3 Å². The lowest BCUT2D eigenvalue weighted by molar-refractivity contribution is 0.0960. The highest BCUT2D eigenvalue weighted by molar-refractivity contribution is 6.42. The van der Waals surface area contributed by atoms with Gasteiger partial charge in [0, 0.05) is 24.4 Å². The van der Waals surface area contributed by atoms with Gasteiger partial charge in [-0.2, -0.15) is 0 Å². The average Bonchev–Trinajstić information content (AvgIpc) is 3.40. The Bertz CT molecular complexity index is 1220. The Kier molecular flexibility index (Phi) is 4.85. The maximum Gasteiger partial charge on any atom is 0.169 e. The largest absolute Gasteiger partial charge is 0.469 e. The standard InChI is InChI=1S/C23H17Cl2N3O2/c24-17-9-8-15(13-18(17)25)26-23-22-19(28(27-23)16-5-2-1-3-6-16)11-14(12-20(22)29)21-7-4-10-30-21/h1-10,13-14H,11-12H2,(H,26,27)/t14-/m0/s1. The highest BCUT2D eigenvalue weighted by Crippen LogP contribution is 2.38. The van der Waals surface area contributed by atoms with Crippen LogP contribution in [-0.4, -0.2) is 15.6 Å². The van der Waals surface area contributed by atoms with Crippen molar-refractivity contribution in [3.63, 3.8) is 0 Å². The molecule has 30 heavy (non-hydrogen) atoms. The molecule has 150 valence electrons. The first kappa shape index (κ1) is 19.0. The van der Waals surface area contributed by atoms with E-state index in [0.717, 1.165) is 17.1 Å². The molecule has 0 amide bonds. The molecule has 5 nitrogen and oxygen atoms in total. The number of aromatic nitrogens is 2. The zero-order chi connectivity index (χ0) is 20.7. The number of hydrogen-bond acceptors (Lipinski definition) is 4. The number of nitrogens with one attached hydrogen (secondary N) is 1. The highest BCUT2D eigenvalue weighted by atomic mass is 35.5. The van der Waals surface area contributed by atoms with Crippen LogP contribution in [0.3, 0.4) is 0 Å². The molecule has 0 spiro atoms. The number of halogens is 2. The van der Waals surface area contributed by atoms with Gasteiger partial charge in [-0.3, -0.25) is 4.79 Å². The van der Waals surface area contributed by atoms with Crippen LogP contribution in [0.25, 0.3) is 5.69 Å². The molecule has 4 aromatic rings. The molecule has 0 saturated carbocycles. The van der Waals surface area contributed by atoms with E-state index in [4.69, 9.17) is 32.7 Å². The van der Waals surface area contributed by atoms with Gasteiger partial charge in [0.15, 0.2) is 11.6 Å². The summed E-state index contributed by atoms with van der Waals surface area (Å²) in [4.78, 5) is 13.2. The van der Waals surface area contributed by atoms with Crippen LogP contribution in [0.1, 0.15) is 34.2 Å². The molecule has 1 aliphatic rings. The van der Waals surface area contributed by atoms with E-state index < -0.39 is 0 Å². The molecule has 1 atom stereocenters. The SMILES string of the molecule is O=C1C[C@@H](c2ccco2)Cc2c1c(Nc1ccc(Cl)c(Cl)c1)nn2-c1ccccc1. The van der Waals surface area contributed by atoms with Crippen LogP contribution < -0.4 is 5.32 Å². The number of Topliss-reactive ketones (excluding diaryl/α,β-unsaturated/α-hetero) is 1. The van der Waals surface area contributed by atoms with Crippen molar-refractivity contribution < 1.29 is 9.21 Å². The molecule has 7 heteroatoms. The van der Waals surface area contributed by atoms with Crippen LogP contribution >= 0.6 is 23.2 Å². The number of carbonyl (C=O) groups is 1. The summed E-state index contributed by atoms with van der Waals surface area (Å²) < 4.78 is 7.42. The molecular formula is C23H17Cl2N3O2. The van der Waals surface area contributed by atoms with Crippen molar-refractivity contribution in [2.45, 2.75) is 18.8 Å². The van der Waals surface area contributed by atoms with E-state index in [-0.39, 0.29) is 11.7 Å². The van der Waals surface area contributed by atoms with E-state index >= 15 is 0 Å². The highest BCUT2D eigenvalue weighted by Gasteiger charge is 2.34. The van der Waals surface area contributed by atoms with Crippen molar-refractivity contribution in [2.75, 3.05) is 5.32 Å². The number of para-hydroxylation sites is 1. The van der Waals surface area contributed by atoms with Crippen LogP contribution in [0.5, 0.6) is 0 Å². The van der Waals surface area contributed by atoms with Crippen molar-refractivity contribution in [3.8, 4) is 5.69 Å². The summed E-state index contributed by atoms with van der Waals surface area (Å²) >= 11 is 12.2. The zero-order valence-corrected chi connectivity index (χ0v) is 17.3. The molecule has 0 bridgehead atoms. The second kappa shape index (κ2) is 7.67. The minimum Gasteiger partial charge on any atom is -0.469 e. The lowest BCUT2D eigenvalue weighted by atomic mass is 9.85. The van der Waals surface area contributed by atoms with Crippen molar-refractivity contribution >= 4 is 40.5 Å². The summed E-state index contributed by atoms with van der Waals surface area (Å²) in [5, 5.41) is 8.91. The topological polar surface area (TPSA) is 60.1 Å². The number of hydrogen-bond donors (Lipinski definition) is 1. The predicted molar refractivity (Wildman–Crippen MR) is 117 cm³/mol. The van der Waals surface area contributed by atoms with Gasteiger partial charge in [-0.05, 0) is 42.5 Å². The van der Waals surface area contributed by atoms with Crippen molar-refractivity contribution in [1.82, 2.24) is 9.78 Å². The Labute approximate surface area is 183 Å². The summed E-state index contributed by atoms with van der Waals surface area (Å²) in [6.45, 7) is 0. The van der Waals surface area contributed by atoms with Crippen LogP contribution in [0, 0.1) is 0 Å². The number of rotatable bonds is 4. The molecule has 0 aliphatic heterocycles. The van der Waals surface area contributed by atoms with Crippen LogP contribution in [0.15, 0.2) is 71.3 Å². The van der Waals surface area contributed by atoms with Crippen molar-refractivity contribution in [2.24, 2.45) is 0 Å². The molecule has 5 rings (SSSR count).